The number of allylic oxidation sites excluding steroid dienone is 20. The van der Waals surface area contributed by atoms with Gasteiger partial charge in [0.15, 0.2) is 6.10 Å². The van der Waals surface area contributed by atoms with Gasteiger partial charge in [0.2, 0.25) is 0 Å². The molecule has 75 heavy (non-hydrogen) atoms. The van der Waals surface area contributed by atoms with Crippen LogP contribution in [0.4, 0.5) is 0 Å². The standard InChI is InChI=1S/C69H114O6/c1-4-7-10-13-16-19-22-24-25-26-27-28-29-30-31-32-33-34-35-36-37-38-39-40-41-42-43-44-45-46-48-50-53-56-59-62-68(71)74-65-66(64-73-67(70)61-58-55-52-49-21-18-15-12-9-6-3)75-69(72)63-60-57-54-51-47-23-20-17-14-11-8-5-2/h7,10,16-17,19-20,24-25,27-28,30-31,33-34,36-37,39-40,42-43,66H,4-6,8-9,11-15,18,21-23,26,29,32,35,38,41,44-65H2,1-3H3/b10-7-,19-16-,20-17-,25-24-,28-27-,31-30-,34-33-,37-36-,40-39-,43-42-. The number of rotatable bonds is 55. The van der Waals surface area contributed by atoms with Crippen molar-refractivity contribution < 1.29 is 28.6 Å². The first kappa shape index (κ1) is 70.8. The fourth-order valence-corrected chi connectivity index (χ4v) is 8.31. The summed E-state index contributed by atoms with van der Waals surface area (Å²) in [7, 11) is 0. The minimum absolute atomic E-state index is 0.0838. The molecule has 0 saturated carbocycles. The zero-order chi connectivity index (χ0) is 54.3. The molecule has 0 N–H and O–H groups in total. The zero-order valence-electron chi connectivity index (χ0n) is 48.8. The average Bonchev–Trinajstić information content (AvgIpc) is 3.41. The van der Waals surface area contributed by atoms with Crippen LogP contribution in [0.3, 0.4) is 0 Å². The summed E-state index contributed by atoms with van der Waals surface area (Å²) in [6.45, 7) is 6.47. The van der Waals surface area contributed by atoms with Gasteiger partial charge in [-0.15, -0.1) is 0 Å². The lowest BCUT2D eigenvalue weighted by atomic mass is 10.1. The minimum atomic E-state index is -0.786. The van der Waals surface area contributed by atoms with E-state index in [-0.39, 0.29) is 31.1 Å². The topological polar surface area (TPSA) is 78.9 Å². The Morgan fingerprint density at radius 3 is 0.853 bits per heavy atom. The highest BCUT2D eigenvalue weighted by molar-refractivity contribution is 5.71. The molecule has 0 radical (unpaired) electrons. The number of carbonyl (C=O) groups excluding carboxylic acids is 3. The molecule has 0 aromatic heterocycles. The van der Waals surface area contributed by atoms with Gasteiger partial charge in [-0.3, -0.25) is 14.4 Å². The van der Waals surface area contributed by atoms with Crippen molar-refractivity contribution >= 4 is 17.9 Å². The Morgan fingerprint density at radius 1 is 0.280 bits per heavy atom. The van der Waals surface area contributed by atoms with Gasteiger partial charge in [-0.1, -0.05) is 264 Å². The van der Waals surface area contributed by atoms with E-state index in [2.05, 4.69) is 142 Å². The van der Waals surface area contributed by atoms with Crippen molar-refractivity contribution in [1.29, 1.82) is 0 Å². The summed E-state index contributed by atoms with van der Waals surface area (Å²) < 4.78 is 16.8. The summed E-state index contributed by atoms with van der Waals surface area (Å²) in [5, 5.41) is 0. The molecule has 1 unspecified atom stereocenters. The molecule has 0 saturated heterocycles. The van der Waals surface area contributed by atoms with Gasteiger partial charge < -0.3 is 14.2 Å². The van der Waals surface area contributed by atoms with Gasteiger partial charge in [0.25, 0.3) is 0 Å². The van der Waals surface area contributed by atoms with Crippen molar-refractivity contribution in [3.05, 3.63) is 122 Å². The van der Waals surface area contributed by atoms with Crippen molar-refractivity contribution in [2.75, 3.05) is 13.2 Å². The van der Waals surface area contributed by atoms with Gasteiger partial charge in [0.1, 0.15) is 13.2 Å². The van der Waals surface area contributed by atoms with Crippen molar-refractivity contribution in [2.45, 2.75) is 284 Å². The van der Waals surface area contributed by atoms with E-state index >= 15 is 0 Å². The normalized spacial score (nSPS) is 12.9. The molecular weight excluding hydrogens is 925 g/mol. The first-order chi connectivity index (χ1) is 37.0. The molecule has 0 aliphatic rings. The molecule has 0 heterocycles. The second-order valence-electron chi connectivity index (χ2n) is 20.2. The maximum Gasteiger partial charge on any atom is 0.306 e. The molecule has 426 valence electrons. The van der Waals surface area contributed by atoms with Crippen LogP contribution >= 0.6 is 0 Å². The van der Waals surface area contributed by atoms with Crippen LogP contribution < -0.4 is 0 Å². The van der Waals surface area contributed by atoms with E-state index in [0.29, 0.717) is 19.3 Å². The molecule has 0 amide bonds. The molecule has 0 aliphatic carbocycles. The average molecular weight is 1040 g/mol. The highest BCUT2D eigenvalue weighted by Gasteiger charge is 2.19. The van der Waals surface area contributed by atoms with Crippen LogP contribution in [0, 0.1) is 0 Å². The molecule has 6 nitrogen and oxygen atoms in total. The second kappa shape index (κ2) is 62.4. The number of unbranched alkanes of at least 4 members (excludes halogenated alkanes) is 24. The van der Waals surface area contributed by atoms with Crippen LogP contribution in [-0.4, -0.2) is 37.2 Å². The zero-order valence-corrected chi connectivity index (χ0v) is 48.8. The van der Waals surface area contributed by atoms with Crippen molar-refractivity contribution in [1.82, 2.24) is 0 Å². The number of carbonyl (C=O) groups is 3. The van der Waals surface area contributed by atoms with Crippen LogP contribution in [-0.2, 0) is 28.6 Å². The Kier molecular flexibility index (Phi) is 58.9. The van der Waals surface area contributed by atoms with Crippen LogP contribution in [0.5, 0.6) is 0 Å². The Balaban J connectivity index is 4.17. The van der Waals surface area contributed by atoms with Crippen LogP contribution in [0.1, 0.15) is 278 Å². The van der Waals surface area contributed by atoms with E-state index < -0.39 is 6.10 Å². The van der Waals surface area contributed by atoms with Crippen molar-refractivity contribution in [3.8, 4) is 0 Å². The third kappa shape index (κ3) is 60.6. The maximum atomic E-state index is 12.8. The highest BCUT2D eigenvalue weighted by Crippen LogP contribution is 2.15. The van der Waals surface area contributed by atoms with Gasteiger partial charge in [-0.2, -0.15) is 0 Å². The molecule has 0 aromatic carbocycles. The minimum Gasteiger partial charge on any atom is -0.462 e. The third-order valence-corrected chi connectivity index (χ3v) is 13.0. The summed E-state index contributed by atoms with van der Waals surface area (Å²) >= 11 is 0. The maximum absolute atomic E-state index is 12.8. The van der Waals surface area contributed by atoms with Gasteiger partial charge in [-0.05, 0) is 116 Å². The summed E-state index contributed by atoms with van der Waals surface area (Å²) in [5.41, 5.74) is 0. The SMILES string of the molecule is CC/C=C\C/C=C\C/C=C\C/C=C\C/C=C\C/C=C\C/C=C\C/C=C\C/C=C\CCCCCCCCCC(=O)OCC(COC(=O)CCCCCCCCCCCC)OC(=O)CCCCCCC/C=C\CCCCC. The first-order valence-electron chi connectivity index (χ1n) is 31.0. The molecule has 6 heteroatoms. The Morgan fingerprint density at radius 2 is 0.520 bits per heavy atom. The van der Waals surface area contributed by atoms with E-state index in [1.165, 1.54) is 103 Å². The van der Waals surface area contributed by atoms with Crippen LogP contribution in [0.2, 0.25) is 0 Å². The number of hydrogen-bond donors (Lipinski definition) is 0. The largest absolute Gasteiger partial charge is 0.462 e. The summed E-state index contributed by atoms with van der Waals surface area (Å²) in [6, 6.07) is 0. The predicted octanol–water partition coefficient (Wildman–Crippen LogP) is 21.2. The molecule has 0 aromatic rings. The van der Waals surface area contributed by atoms with Gasteiger partial charge in [-0.25, -0.2) is 0 Å². The lowest BCUT2D eigenvalue weighted by Crippen LogP contribution is -2.30. The molecule has 0 fully saturated rings. The molecule has 0 spiro atoms. The molecule has 0 rings (SSSR count). The fraction of sp³-hybridized carbons (Fsp3) is 0.667. The smallest absolute Gasteiger partial charge is 0.306 e. The molecular formula is C69H114O6. The van der Waals surface area contributed by atoms with E-state index in [9.17, 15) is 14.4 Å². The van der Waals surface area contributed by atoms with E-state index in [4.69, 9.17) is 14.2 Å². The Hall–Kier alpha value is -4.19. The predicted molar refractivity (Wildman–Crippen MR) is 325 cm³/mol. The monoisotopic (exact) mass is 1040 g/mol. The highest BCUT2D eigenvalue weighted by atomic mass is 16.6. The fourth-order valence-electron chi connectivity index (χ4n) is 8.31. The van der Waals surface area contributed by atoms with Gasteiger partial charge >= 0.3 is 17.9 Å². The van der Waals surface area contributed by atoms with E-state index in [1.807, 2.05) is 0 Å². The number of ether oxygens (including phenoxy) is 3. The van der Waals surface area contributed by atoms with E-state index in [1.54, 1.807) is 0 Å². The lowest BCUT2D eigenvalue weighted by molar-refractivity contribution is -0.167. The van der Waals surface area contributed by atoms with E-state index in [0.717, 1.165) is 135 Å². The lowest BCUT2D eigenvalue weighted by Gasteiger charge is -2.18. The molecule has 0 aliphatic heterocycles. The number of esters is 3. The van der Waals surface area contributed by atoms with Crippen molar-refractivity contribution in [2.24, 2.45) is 0 Å². The van der Waals surface area contributed by atoms with Crippen molar-refractivity contribution in [3.63, 3.8) is 0 Å². The summed E-state index contributed by atoms with van der Waals surface area (Å²) in [4.78, 5) is 38.0. The Bertz CT molecular complexity index is 1570. The van der Waals surface area contributed by atoms with Gasteiger partial charge in [0.05, 0.1) is 0 Å². The first-order valence-corrected chi connectivity index (χ1v) is 31.0. The van der Waals surface area contributed by atoms with Gasteiger partial charge in [0, 0.05) is 19.3 Å². The van der Waals surface area contributed by atoms with Crippen LogP contribution in [0.25, 0.3) is 0 Å². The van der Waals surface area contributed by atoms with Crippen LogP contribution in [0.15, 0.2) is 122 Å². The second-order valence-corrected chi connectivity index (χ2v) is 20.2. The number of hydrogen-bond acceptors (Lipinski definition) is 6. The summed E-state index contributed by atoms with van der Waals surface area (Å²) in [6.07, 6.45) is 86.4. The quantitative estimate of drug-likeness (QED) is 0.0261. The summed E-state index contributed by atoms with van der Waals surface area (Å²) in [5.74, 6) is -0.906. The third-order valence-electron chi connectivity index (χ3n) is 13.0. The molecule has 0 bridgehead atoms. The Labute approximate surface area is 462 Å². The molecule has 1 atom stereocenters.